The Morgan fingerprint density at radius 2 is 1.70 bits per heavy atom. The van der Waals surface area contributed by atoms with Crippen LogP contribution in [0.25, 0.3) is 0 Å². The molecule has 2 aromatic rings. The standard InChI is InChI=1S/C25H25ClN2O5/c1-16-10-12-27(13-11-16)21-14-23(30)28(24(21)31)18-8-6-17(7-9-18)25(32)33-15-22(29)19-4-2-3-5-20(19)26/h2-9,16,21H,10-15H2,1H3. The smallest absolute Gasteiger partial charge is 0.338 e. The van der Waals surface area contributed by atoms with Crippen LogP contribution in [0.3, 0.4) is 0 Å². The van der Waals surface area contributed by atoms with Crippen molar-refractivity contribution in [1.82, 2.24) is 4.90 Å². The number of esters is 1. The molecule has 0 bridgehead atoms. The molecule has 2 aromatic carbocycles. The molecule has 2 aliphatic heterocycles. The number of nitrogens with zero attached hydrogens (tertiary/aromatic N) is 2. The fraction of sp³-hybridized carbons (Fsp3) is 0.360. The fourth-order valence-electron chi connectivity index (χ4n) is 4.24. The number of halogens is 1. The molecule has 1 atom stereocenters. The van der Waals surface area contributed by atoms with Gasteiger partial charge in [-0.05, 0) is 68.2 Å². The Labute approximate surface area is 197 Å². The number of carbonyl (C=O) groups excluding carboxylic acids is 4. The van der Waals surface area contributed by atoms with Crippen molar-refractivity contribution < 1.29 is 23.9 Å². The zero-order chi connectivity index (χ0) is 23.5. The number of benzene rings is 2. The average molecular weight is 469 g/mol. The number of amides is 2. The number of Topliss-reactive ketones (excluding diaryl/α,β-unsaturated/α-hetero) is 1. The monoisotopic (exact) mass is 468 g/mol. The Bertz CT molecular complexity index is 1080. The van der Waals surface area contributed by atoms with Crippen LogP contribution in [0.2, 0.25) is 5.02 Å². The molecule has 7 nitrogen and oxygen atoms in total. The highest BCUT2D eigenvalue weighted by Gasteiger charge is 2.43. The lowest BCUT2D eigenvalue weighted by Gasteiger charge is -2.33. The van der Waals surface area contributed by atoms with Crippen LogP contribution in [-0.4, -0.2) is 54.2 Å². The molecule has 172 valence electrons. The van der Waals surface area contributed by atoms with Crippen LogP contribution in [-0.2, 0) is 14.3 Å². The molecule has 4 rings (SSSR count). The first kappa shape index (κ1) is 23.1. The summed E-state index contributed by atoms with van der Waals surface area (Å²) in [5, 5.41) is 0.292. The van der Waals surface area contributed by atoms with Crippen molar-refractivity contribution in [1.29, 1.82) is 0 Å². The van der Waals surface area contributed by atoms with E-state index in [2.05, 4.69) is 11.8 Å². The highest BCUT2D eigenvalue weighted by Crippen LogP contribution is 2.28. The van der Waals surface area contributed by atoms with Gasteiger partial charge in [0.15, 0.2) is 6.61 Å². The van der Waals surface area contributed by atoms with E-state index in [1.54, 1.807) is 36.4 Å². The molecule has 1 unspecified atom stereocenters. The van der Waals surface area contributed by atoms with E-state index in [1.807, 2.05) is 0 Å². The molecule has 2 saturated heterocycles. The topological polar surface area (TPSA) is 84.0 Å². The maximum absolute atomic E-state index is 13.0. The number of ketones is 1. The second-order valence-corrected chi connectivity index (χ2v) is 8.94. The molecule has 0 saturated carbocycles. The number of carbonyl (C=O) groups is 4. The lowest BCUT2D eigenvalue weighted by molar-refractivity contribution is -0.123. The SMILES string of the molecule is CC1CCN(C2CC(=O)N(c3ccc(C(=O)OCC(=O)c4ccccc4Cl)cc3)C2=O)CC1. The lowest BCUT2D eigenvalue weighted by atomic mass is 9.97. The number of ether oxygens (including phenoxy) is 1. The molecule has 8 heteroatoms. The number of hydrogen-bond acceptors (Lipinski definition) is 6. The first-order chi connectivity index (χ1) is 15.8. The maximum atomic E-state index is 13.0. The first-order valence-electron chi connectivity index (χ1n) is 11.0. The van der Waals surface area contributed by atoms with Crippen LogP contribution in [0.15, 0.2) is 48.5 Å². The minimum atomic E-state index is -0.679. The minimum absolute atomic E-state index is 0.168. The molecule has 2 aliphatic rings. The summed E-state index contributed by atoms with van der Waals surface area (Å²) in [4.78, 5) is 53.5. The summed E-state index contributed by atoms with van der Waals surface area (Å²) in [6.07, 6.45) is 2.21. The highest BCUT2D eigenvalue weighted by molar-refractivity contribution is 6.34. The summed E-state index contributed by atoms with van der Waals surface area (Å²) in [6.45, 7) is 3.39. The van der Waals surface area contributed by atoms with Crippen molar-refractivity contribution in [2.75, 3.05) is 24.6 Å². The Hall–Kier alpha value is -3.03. The van der Waals surface area contributed by atoms with Gasteiger partial charge in [0, 0.05) is 5.56 Å². The number of piperidine rings is 1. The Kier molecular flexibility index (Phi) is 6.91. The third-order valence-corrected chi connectivity index (χ3v) is 6.58. The van der Waals surface area contributed by atoms with Crippen LogP contribution in [0.1, 0.15) is 46.9 Å². The van der Waals surface area contributed by atoms with Crippen molar-refractivity contribution in [2.45, 2.75) is 32.2 Å². The summed E-state index contributed by atoms with van der Waals surface area (Å²) in [5.74, 6) is -0.922. The van der Waals surface area contributed by atoms with Crippen molar-refractivity contribution in [3.8, 4) is 0 Å². The summed E-state index contributed by atoms with van der Waals surface area (Å²) in [6, 6.07) is 12.2. The second kappa shape index (κ2) is 9.85. The van der Waals surface area contributed by atoms with E-state index in [1.165, 1.54) is 17.0 Å². The molecular formula is C25H25ClN2O5. The summed E-state index contributed by atoms with van der Waals surface area (Å²) in [5.41, 5.74) is 0.916. The van der Waals surface area contributed by atoms with Crippen LogP contribution < -0.4 is 4.90 Å². The molecule has 2 amide bonds. The van der Waals surface area contributed by atoms with E-state index in [0.29, 0.717) is 16.6 Å². The molecule has 0 N–H and O–H groups in total. The molecule has 0 radical (unpaired) electrons. The zero-order valence-electron chi connectivity index (χ0n) is 18.3. The number of imide groups is 1. The van der Waals surface area contributed by atoms with Gasteiger partial charge in [0.1, 0.15) is 0 Å². The Balaban J connectivity index is 1.38. The Morgan fingerprint density at radius 3 is 2.36 bits per heavy atom. The van der Waals surface area contributed by atoms with Gasteiger partial charge < -0.3 is 4.74 Å². The van der Waals surface area contributed by atoms with Gasteiger partial charge in [-0.15, -0.1) is 0 Å². The van der Waals surface area contributed by atoms with Crippen LogP contribution >= 0.6 is 11.6 Å². The lowest BCUT2D eigenvalue weighted by Crippen LogP contribution is -2.45. The minimum Gasteiger partial charge on any atom is -0.454 e. The van der Waals surface area contributed by atoms with Gasteiger partial charge >= 0.3 is 5.97 Å². The van der Waals surface area contributed by atoms with Gasteiger partial charge in [0.25, 0.3) is 5.91 Å². The van der Waals surface area contributed by atoms with E-state index >= 15 is 0 Å². The van der Waals surface area contributed by atoms with Gasteiger partial charge in [0.2, 0.25) is 11.7 Å². The number of rotatable bonds is 6. The van der Waals surface area contributed by atoms with E-state index in [9.17, 15) is 19.2 Å². The number of anilines is 1. The molecule has 2 fully saturated rings. The van der Waals surface area contributed by atoms with E-state index in [0.717, 1.165) is 25.9 Å². The van der Waals surface area contributed by atoms with E-state index < -0.39 is 24.4 Å². The third kappa shape index (κ3) is 4.99. The summed E-state index contributed by atoms with van der Waals surface area (Å²) < 4.78 is 5.11. The quantitative estimate of drug-likeness (QED) is 0.365. The van der Waals surface area contributed by atoms with Gasteiger partial charge in [-0.3, -0.25) is 19.3 Å². The van der Waals surface area contributed by atoms with Crippen LogP contribution in [0, 0.1) is 5.92 Å². The highest BCUT2D eigenvalue weighted by atomic mass is 35.5. The number of likely N-dealkylation sites (tertiary alicyclic amines) is 1. The van der Waals surface area contributed by atoms with Gasteiger partial charge in [0.05, 0.1) is 28.7 Å². The molecule has 0 aliphatic carbocycles. The summed E-state index contributed by atoms with van der Waals surface area (Å²) in [7, 11) is 0. The molecule has 33 heavy (non-hydrogen) atoms. The zero-order valence-corrected chi connectivity index (χ0v) is 19.1. The predicted octanol–water partition coefficient (Wildman–Crippen LogP) is 3.74. The summed E-state index contributed by atoms with van der Waals surface area (Å²) >= 11 is 6.00. The first-order valence-corrected chi connectivity index (χ1v) is 11.4. The van der Waals surface area contributed by atoms with Crippen molar-refractivity contribution >= 4 is 40.9 Å². The van der Waals surface area contributed by atoms with Crippen molar-refractivity contribution in [2.24, 2.45) is 5.92 Å². The second-order valence-electron chi connectivity index (χ2n) is 8.53. The van der Waals surface area contributed by atoms with Crippen LogP contribution in [0.5, 0.6) is 0 Å². The van der Waals surface area contributed by atoms with Gasteiger partial charge in [-0.1, -0.05) is 30.7 Å². The number of hydrogen-bond donors (Lipinski definition) is 0. The van der Waals surface area contributed by atoms with Crippen molar-refractivity contribution in [3.05, 3.63) is 64.7 Å². The Morgan fingerprint density at radius 1 is 1.03 bits per heavy atom. The largest absolute Gasteiger partial charge is 0.454 e. The molecule has 0 spiro atoms. The average Bonchev–Trinajstić information content (AvgIpc) is 3.12. The van der Waals surface area contributed by atoms with E-state index in [4.69, 9.17) is 16.3 Å². The van der Waals surface area contributed by atoms with Crippen LogP contribution in [0.4, 0.5) is 5.69 Å². The third-order valence-electron chi connectivity index (χ3n) is 6.25. The van der Waals surface area contributed by atoms with Gasteiger partial charge in [-0.2, -0.15) is 0 Å². The molecular weight excluding hydrogens is 444 g/mol. The van der Waals surface area contributed by atoms with Gasteiger partial charge in [-0.25, -0.2) is 9.69 Å². The fourth-order valence-corrected chi connectivity index (χ4v) is 4.48. The normalized spacial score (nSPS) is 19.7. The maximum Gasteiger partial charge on any atom is 0.338 e. The predicted molar refractivity (Wildman–Crippen MR) is 123 cm³/mol. The molecule has 2 heterocycles. The van der Waals surface area contributed by atoms with E-state index in [-0.39, 0.29) is 29.4 Å². The molecule has 0 aromatic heterocycles. The van der Waals surface area contributed by atoms with Crippen molar-refractivity contribution in [3.63, 3.8) is 0 Å².